The fraction of sp³-hybridized carbons (Fsp3) is 0.364. The van der Waals surface area contributed by atoms with E-state index in [1.54, 1.807) is 0 Å². The lowest BCUT2D eigenvalue weighted by molar-refractivity contribution is 0.0825. The van der Waals surface area contributed by atoms with Crippen LogP contribution in [-0.4, -0.2) is 32.0 Å². The lowest BCUT2D eigenvalue weighted by Crippen LogP contribution is -2.23. The second-order valence-corrected chi connectivity index (χ2v) is 3.58. The number of halogens is 2. The molecule has 0 fully saturated rings. The maximum atomic E-state index is 13.6. The average Bonchev–Trinajstić information content (AvgIpc) is 2.23. The van der Waals surface area contributed by atoms with Crippen LogP contribution in [-0.2, 0) is 0 Å². The number of hydrogen-bond acceptors (Lipinski definition) is 2. The van der Waals surface area contributed by atoms with E-state index in [9.17, 15) is 13.6 Å². The van der Waals surface area contributed by atoms with Crippen LogP contribution in [0.3, 0.4) is 0 Å². The summed E-state index contributed by atoms with van der Waals surface area (Å²) < 4.78 is 31.6. The van der Waals surface area contributed by atoms with Gasteiger partial charge >= 0.3 is 0 Å². The predicted molar refractivity (Wildman–Crippen MR) is 55.7 cm³/mol. The molecule has 0 saturated heterocycles. The van der Waals surface area contributed by atoms with Gasteiger partial charge in [-0.1, -0.05) is 0 Å². The van der Waals surface area contributed by atoms with Crippen LogP contribution in [0.25, 0.3) is 0 Å². The molecule has 5 heteroatoms. The first-order valence-electron chi connectivity index (χ1n) is 4.64. The highest BCUT2D eigenvalue weighted by atomic mass is 19.1. The molecule has 0 atom stereocenters. The van der Waals surface area contributed by atoms with Crippen LogP contribution in [0, 0.1) is 18.6 Å². The van der Waals surface area contributed by atoms with Crippen LogP contribution in [0.2, 0.25) is 0 Å². The third-order valence-electron chi connectivity index (χ3n) is 2.26. The fourth-order valence-corrected chi connectivity index (χ4v) is 1.34. The van der Waals surface area contributed by atoms with Gasteiger partial charge in [0.1, 0.15) is 0 Å². The molecule has 0 aliphatic carbocycles. The topological polar surface area (TPSA) is 29.5 Å². The van der Waals surface area contributed by atoms with Crippen molar-refractivity contribution in [1.29, 1.82) is 0 Å². The molecule has 1 aromatic rings. The Kier molecular flexibility index (Phi) is 3.47. The molecule has 16 heavy (non-hydrogen) atoms. The Labute approximate surface area is 92.6 Å². The Bertz CT molecular complexity index is 430. The largest absolute Gasteiger partial charge is 0.491 e. The lowest BCUT2D eigenvalue weighted by Gasteiger charge is -2.14. The first kappa shape index (κ1) is 12.4. The van der Waals surface area contributed by atoms with Crippen molar-refractivity contribution in [2.75, 3.05) is 21.2 Å². The Morgan fingerprint density at radius 2 is 1.94 bits per heavy atom. The van der Waals surface area contributed by atoms with Crippen molar-refractivity contribution in [2.45, 2.75) is 6.92 Å². The first-order valence-corrected chi connectivity index (χ1v) is 4.64. The zero-order valence-electron chi connectivity index (χ0n) is 9.60. The summed E-state index contributed by atoms with van der Waals surface area (Å²) in [6, 6.07) is 0.986. The Balaban J connectivity index is 3.40. The summed E-state index contributed by atoms with van der Waals surface area (Å²) in [6.07, 6.45) is 0. The highest BCUT2D eigenvalue weighted by Gasteiger charge is 2.21. The third kappa shape index (κ3) is 1.98. The Morgan fingerprint density at radius 1 is 1.38 bits per heavy atom. The van der Waals surface area contributed by atoms with E-state index in [0.717, 1.165) is 6.07 Å². The van der Waals surface area contributed by atoms with Crippen molar-refractivity contribution >= 4 is 5.91 Å². The zero-order valence-corrected chi connectivity index (χ0v) is 9.60. The van der Waals surface area contributed by atoms with Crippen LogP contribution in [0.4, 0.5) is 8.78 Å². The monoisotopic (exact) mass is 229 g/mol. The summed E-state index contributed by atoms with van der Waals surface area (Å²) in [4.78, 5) is 12.9. The Hall–Kier alpha value is -1.65. The van der Waals surface area contributed by atoms with Crippen molar-refractivity contribution in [1.82, 2.24) is 4.90 Å². The summed E-state index contributed by atoms with van der Waals surface area (Å²) in [5, 5.41) is 0. The van der Waals surface area contributed by atoms with E-state index in [1.165, 1.54) is 33.0 Å². The molecule has 0 heterocycles. The summed E-state index contributed by atoms with van der Waals surface area (Å²) >= 11 is 0. The number of hydrogen-bond donors (Lipinski definition) is 0. The molecule has 0 aliphatic rings. The number of methoxy groups -OCH3 is 1. The van der Waals surface area contributed by atoms with Gasteiger partial charge in [0.05, 0.1) is 7.11 Å². The van der Waals surface area contributed by atoms with Gasteiger partial charge in [-0.2, -0.15) is 0 Å². The second kappa shape index (κ2) is 4.47. The van der Waals surface area contributed by atoms with Gasteiger partial charge in [-0.25, -0.2) is 8.78 Å². The molecule has 0 N–H and O–H groups in total. The SMILES string of the molecule is COc1c(F)cc(C(=O)N(C)C)c(C)c1F. The van der Waals surface area contributed by atoms with Gasteiger partial charge in [-0.3, -0.25) is 4.79 Å². The minimum Gasteiger partial charge on any atom is -0.491 e. The van der Waals surface area contributed by atoms with E-state index >= 15 is 0 Å². The summed E-state index contributed by atoms with van der Waals surface area (Å²) in [5.41, 5.74) is 0.0813. The van der Waals surface area contributed by atoms with Gasteiger partial charge in [0.25, 0.3) is 5.91 Å². The first-order chi connectivity index (χ1) is 7.40. The van der Waals surface area contributed by atoms with Crippen LogP contribution >= 0.6 is 0 Å². The van der Waals surface area contributed by atoms with Crippen LogP contribution in [0.15, 0.2) is 6.07 Å². The molecule has 1 aromatic carbocycles. The summed E-state index contributed by atoms with van der Waals surface area (Å²) in [6.45, 7) is 1.41. The van der Waals surface area contributed by atoms with E-state index in [2.05, 4.69) is 4.74 Å². The second-order valence-electron chi connectivity index (χ2n) is 3.58. The number of ether oxygens (including phenoxy) is 1. The molecule has 0 unspecified atom stereocenters. The molecule has 0 bridgehead atoms. The standard InChI is InChI=1S/C11H13F2NO2/c1-6-7(11(15)14(2)3)5-8(12)10(16-4)9(6)13/h5H,1-4H3. The van der Waals surface area contributed by atoms with E-state index in [0.29, 0.717) is 0 Å². The fourth-order valence-electron chi connectivity index (χ4n) is 1.34. The molecule has 3 nitrogen and oxygen atoms in total. The minimum atomic E-state index is -0.879. The van der Waals surface area contributed by atoms with Gasteiger partial charge in [0.2, 0.25) is 0 Å². The number of rotatable bonds is 2. The number of carbonyl (C=O) groups is 1. The molecule has 0 radical (unpaired) electrons. The van der Waals surface area contributed by atoms with Crippen LogP contribution < -0.4 is 4.74 Å². The normalized spacial score (nSPS) is 10.1. The molecule has 88 valence electrons. The van der Waals surface area contributed by atoms with Crippen molar-refractivity contribution in [3.05, 3.63) is 28.8 Å². The van der Waals surface area contributed by atoms with Crippen LogP contribution in [0.5, 0.6) is 5.75 Å². The number of carbonyl (C=O) groups excluding carboxylic acids is 1. The van der Waals surface area contributed by atoms with E-state index in [-0.39, 0.29) is 11.1 Å². The van der Waals surface area contributed by atoms with Crippen molar-refractivity contribution in [3.63, 3.8) is 0 Å². The zero-order chi connectivity index (χ0) is 12.5. The number of nitrogens with zero attached hydrogens (tertiary/aromatic N) is 1. The quantitative estimate of drug-likeness (QED) is 0.776. The smallest absolute Gasteiger partial charge is 0.253 e. The van der Waals surface area contributed by atoms with Crippen molar-refractivity contribution in [2.24, 2.45) is 0 Å². The highest BCUT2D eigenvalue weighted by Crippen LogP contribution is 2.27. The predicted octanol–water partition coefficient (Wildman–Crippen LogP) is 1.98. The molecular formula is C11H13F2NO2. The molecule has 0 aliphatic heterocycles. The molecule has 0 saturated carbocycles. The van der Waals surface area contributed by atoms with E-state index < -0.39 is 23.3 Å². The number of benzene rings is 1. The summed E-state index contributed by atoms with van der Waals surface area (Å²) in [7, 11) is 4.21. The van der Waals surface area contributed by atoms with Crippen molar-refractivity contribution in [3.8, 4) is 5.75 Å². The molecule has 1 amide bonds. The van der Waals surface area contributed by atoms with Crippen LogP contribution in [0.1, 0.15) is 15.9 Å². The maximum Gasteiger partial charge on any atom is 0.253 e. The summed E-state index contributed by atoms with van der Waals surface area (Å²) in [5.74, 6) is -2.63. The average molecular weight is 229 g/mol. The number of amides is 1. The molecule has 1 rings (SSSR count). The lowest BCUT2D eigenvalue weighted by atomic mass is 10.1. The molecule has 0 aromatic heterocycles. The van der Waals surface area contributed by atoms with E-state index in [1.807, 2.05) is 0 Å². The van der Waals surface area contributed by atoms with Gasteiger partial charge in [0.15, 0.2) is 17.4 Å². The van der Waals surface area contributed by atoms with E-state index in [4.69, 9.17) is 0 Å². The Morgan fingerprint density at radius 3 is 2.38 bits per heavy atom. The van der Waals surface area contributed by atoms with Gasteiger partial charge < -0.3 is 9.64 Å². The molecule has 0 spiro atoms. The highest BCUT2D eigenvalue weighted by molar-refractivity contribution is 5.95. The van der Waals surface area contributed by atoms with Crippen molar-refractivity contribution < 1.29 is 18.3 Å². The van der Waals surface area contributed by atoms with Gasteiger partial charge in [-0.05, 0) is 13.0 Å². The van der Waals surface area contributed by atoms with Gasteiger partial charge in [0, 0.05) is 25.2 Å². The minimum absolute atomic E-state index is 0.000741. The van der Waals surface area contributed by atoms with Gasteiger partial charge in [-0.15, -0.1) is 0 Å². The maximum absolute atomic E-state index is 13.6. The third-order valence-corrected chi connectivity index (χ3v) is 2.26. The molecular weight excluding hydrogens is 216 g/mol.